The summed E-state index contributed by atoms with van der Waals surface area (Å²) in [5.74, 6) is 0.413. The maximum atomic E-state index is 11.1. The lowest BCUT2D eigenvalue weighted by Crippen LogP contribution is -2.15. The second-order valence-corrected chi connectivity index (χ2v) is 4.69. The summed E-state index contributed by atoms with van der Waals surface area (Å²) < 4.78 is 5.62. The molecule has 112 valence electrons. The summed E-state index contributed by atoms with van der Waals surface area (Å²) >= 11 is 0. The fourth-order valence-electron chi connectivity index (χ4n) is 1.80. The molecule has 0 spiro atoms. The largest absolute Gasteiger partial charge is 0.470 e. The predicted molar refractivity (Wildman–Crippen MR) is 77.2 cm³/mol. The summed E-state index contributed by atoms with van der Waals surface area (Å²) in [5.41, 5.74) is 0.150. The molecule has 1 unspecified atom stereocenters. The topological polar surface area (TPSA) is 90.2 Å². The van der Waals surface area contributed by atoms with Gasteiger partial charge in [-0.1, -0.05) is 20.3 Å². The van der Waals surface area contributed by atoms with E-state index in [0.29, 0.717) is 18.2 Å². The number of nitrogens with one attached hydrogen (secondary N) is 1. The number of rotatable bonds is 8. The van der Waals surface area contributed by atoms with Crippen molar-refractivity contribution < 1.29 is 9.66 Å². The van der Waals surface area contributed by atoms with E-state index >= 15 is 0 Å². The highest BCUT2D eigenvalue weighted by Crippen LogP contribution is 2.29. The first-order valence-electron chi connectivity index (χ1n) is 6.93. The van der Waals surface area contributed by atoms with Crippen molar-refractivity contribution >= 4 is 11.6 Å². The molecule has 7 heteroatoms. The van der Waals surface area contributed by atoms with E-state index in [1.54, 1.807) is 6.92 Å². The van der Waals surface area contributed by atoms with E-state index in [1.807, 2.05) is 20.8 Å². The average molecular weight is 282 g/mol. The van der Waals surface area contributed by atoms with Gasteiger partial charge in [-0.15, -0.1) is 0 Å². The van der Waals surface area contributed by atoms with E-state index in [1.165, 1.54) is 0 Å². The van der Waals surface area contributed by atoms with E-state index < -0.39 is 4.92 Å². The van der Waals surface area contributed by atoms with Crippen molar-refractivity contribution in [2.24, 2.45) is 0 Å². The molecular formula is C13H22N4O3. The first-order chi connectivity index (χ1) is 9.49. The van der Waals surface area contributed by atoms with E-state index in [9.17, 15) is 10.1 Å². The Morgan fingerprint density at radius 1 is 1.35 bits per heavy atom. The van der Waals surface area contributed by atoms with Crippen LogP contribution in [0.25, 0.3) is 0 Å². The zero-order valence-electron chi connectivity index (χ0n) is 12.5. The van der Waals surface area contributed by atoms with Crippen LogP contribution in [-0.2, 0) is 0 Å². The number of nitro groups is 1. The van der Waals surface area contributed by atoms with Gasteiger partial charge < -0.3 is 10.1 Å². The van der Waals surface area contributed by atoms with Crippen LogP contribution >= 0.6 is 0 Å². The number of aromatic nitrogens is 2. The SMILES string of the molecule is CCCNc1nc(C)c([N+](=O)[O-])c(OC(C)CCC)n1. The Morgan fingerprint density at radius 3 is 2.60 bits per heavy atom. The van der Waals surface area contributed by atoms with Gasteiger partial charge >= 0.3 is 5.69 Å². The van der Waals surface area contributed by atoms with Gasteiger partial charge in [0.1, 0.15) is 5.69 Å². The summed E-state index contributed by atoms with van der Waals surface area (Å²) in [6, 6.07) is 0. The predicted octanol–water partition coefficient (Wildman–Crippen LogP) is 3.08. The van der Waals surface area contributed by atoms with Crippen LogP contribution in [0.5, 0.6) is 5.88 Å². The van der Waals surface area contributed by atoms with Crippen LogP contribution in [0.3, 0.4) is 0 Å². The summed E-state index contributed by atoms with van der Waals surface area (Å²) in [7, 11) is 0. The molecule has 0 saturated carbocycles. The Balaban J connectivity index is 3.08. The van der Waals surface area contributed by atoms with Gasteiger partial charge in [-0.25, -0.2) is 4.98 Å². The van der Waals surface area contributed by atoms with Gasteiger partial charge in [0.25, 0.3) is 5.88 Å². The van der Waals surface area contributed by atoms with Crippen molar-refractivity contribution in [1.29, 1.82) is 0 Å². The van der Waals surface area contributed by atoms with Crippen molar-refractivity contribution in [2.75, 3.05) is 11.9 Å². The van der Waals surface area contributed by atoms with E-state index in [-0.39, 0.29) is 17.7 Å². The van der Waals surface area contributed by atoms with Crippen molar-refractivity contribution in [3.8, 4) is 5.88 Å². The van der Waals surface area contributed by atoms with Crippen molar-refractivity contribution in [2.45, 2.75) is 53.1 Å². The van der Waals surface area contributed by atoms with Gasteiger partial charge in [0, 0.05) is 6.54 Å². The molecule has 0 aliphatic heterocycles. The third kappa shape index (κ3) is 4.32. The number of hydrogen-bond donors (Lipinski definition) is 1. The van der Waals surface area contributed by atoms with Crippen LogP contribution in [0.4, 0.5) is 11.6 Å². The van der Waals surface area contributed by atoms with Gasteiger partial charge in [0.2, 0.25) is 5.95 Å². The van der Waals surface area contributed by atoms with Gasteiger partial charge in [-0.05, 0) is 26.7 Å². The number of anilines is 1. The lowest BCUT2D eigenvalue weighted by Gasteiger charge is -2.14. The highest BCUT2D eigenvalue weighted by atomic mass is 16.6. The molecule has 20 heavy (non-hydrogen) atoms. The number of aryl methyl sites for hydroxylation is 1. The molecule has 0 aliphatic carbocycles. The van der Waals surface area contributed by atoms with Crippen LogP contribution in [-0.4, -0.2) is 27.5 Å². The summed E-state index contributed by atoms with van der Waals surface area (Å²) in [5, 5.41) is 14.2. The number of nitrogens with zero attached hydrogens (tertiary/aromatic N) is 3. The molecule has 1 aromatic rings. The second-order valence-electron chi connectivity index (χ2n) is 4.69. The van der Waals surface area contributed by atoms with Gasteiger partial charge in [-0.2, -0.15) is 4.98 Å². The zero-order valence-corrected chi connectivity index (χ0v) is 12.5. The minimum absolute atomic E-state index is 0.0436. The molecule has 0 radical (unpaired) electrons. The lowest BCUT2D eigenvalue weighted by atomic mass is 10.2. The van der Waals surface area contributed by atoms with Gasteiger partial charge in [0.05, 0.1) is 11.0 Å². The van der Waals surface area contributed by atoms with Crippen LogP contribution in [0.2, 0.25) is 0 Å². The first kappa shape index (κ1) is 16.1. The Kier molecular flexibility index (Phi) is 6.14. The summed E-state index contributed by atoms with van der Waals surface area (Å²) in [6.07, 6.45) is 2.56. The fraction of sp³-hybridized carbons (Fsp3) is 0.692. The maximum Gasteiger partial charge on any atom is 0.352 e. The van der Waals surface area contributed by atoms with Crippen LogP contribution < -0.4 is 10.1 Å². The molecule has 1 heterocycles. The first-order valence-corrected chi connectivity index (χ1v) is 6.93. The van der Waals surface area contributed by atoms with Crippen molar-refractivity contribution in [1.82, 2.24) is 9.97 Å². The van der Waals surface area contributed by atoms with Gasteiger partial charge in [-0.3, -0.25) is 10.1 Å². The molecule has 0 fully saturated rings. The summed E-state index contributed by atoms with van der Waals surface area (Å²) in [4.78, 5) is 18.9. The van der Waals surface area contributed by atoms with Crippen LogP contribution in [0.1, 0.15) is 45.7 Å². The van der Waals surface area contributed by atoms with Crippen molar-refractivity contribution in [3.05, 3.63) is 15.8 Å². The summed E-state index contributed by atoms with van der Waals surface area (Å²) in [6.45, 7) is 8.24. The van der Waals surface area contributed by atoms with Crippen LogP contribution in [0, 0.1) is 17.0 Å². The highest BCUT2D eigenvalue weighted by Gasteiger charge is 2.24. The van der Waals surface area contributed by atoms with E-state index in [0.717, 1.165) is 19.3 Å². The Hall–Kier alpha value is -1.92. The van der Waals surface area contributed by atoms with Gasteiger partial charge in [0.15, 0.2) is 0 Å². The minimum Gasteiger partial charge on any atom is -0.470 e. The molecule has 7 nitrogen and oxygen atoms in total. The maximum absolute atomic E-state index is 11.1. The smallest absolute Gasteiger partial charge is 0.352 e. The molecule has 0 saturated heterocycles. The highest BCUT2D eigenvalue weighted by molar-refractivity contribution is 5.48. The molecule has 1 aromatic heterocycles. The molecular weight excluding hydrogens is 260 g/mol. The number of hydrogen-bond acceptors (Lipinski definition) is 6. The molecule has 1 atom stereocenters. The average Bonchev–Trinajstić information content (AvgIpc) is 2.35. The molecule has 1 N–H and O–H groups in total. The molecule has 0 aromatic carbocycles. The standard InChI is InChI=1S/C13H22N4O3/c1-5-7-9(3)20-12-11(17(18)19)10(4)15-13(16-12)14-8-6-2/h9H,5-8H2,1-4H3,(H,14,15,16). The third-order valence-corrected chi connectivity index (χ3v) is 2.75. The molecule has 0 bridgehead atoms. The van der Waals surface area contributed by atoms with E-state index in [4.69, 9.17) is 4.74 Å². The molecule has 0 amide bonds. The molecule has 1 rings (SSSR count). The van der Waals surface area contributed by atoms with Crippen LogP contribution in [0.15, 0.2) is 0 Å². The molecule has 0 aliphatic rings. The zero-order chi connectivity index (χ0) is 15.1. The Morgan fingerprint density at radius 2 is 2.05 bits per heavy atom. The quantitative estimate of drug-likeness (QED) is 0.582. The monoisotopic (exact) mass is 282 g/mol. The van der Waals surface area contributed by atoms with E-state index in [2.05, 4.69) is 15.3 Å². The number of ether oxygens (including phenoxy) is 1. The Labute approximate surface area is 118 Å². The lowest BCUT2D eigenvalue weighted by molar-refractivity contribution is -0.387. The second kappa shape index (κ2) is 7.62. The Bertz CT molecular complexity index is 465. The van der Waals surface area contributed by atoms with Crippen molar-refractivity contribution in [3.63, 3.8) is 0 Å². The normalized spacial score (nSPS) is 12.0. The fourth-order valence-corrected chi connectivity index (χ4v) is 1.80. The minimum atomic E-state index is -0.493. The third-order valence-electron chi connectivity index (χ3n) is 2.75.